The van der Waals surface area contributed by atoms with E-state index >= 15 is 0 Å². The summed E-state index contributed by atoms with van der Waals surface area (Å²) < 4.78 is 0. The number of nitrogen functional groups attached to an aromatic ring is 1. The molecule has 0 unspecified atom stereocenters. The van der Waals surface area contributed by atoms with Crippen molar-refractivity contribution in [3.63, 3.8) is 0 Å². The summed E-state index contributed by atoms with van der Waals surface area (Å²) in [7, 11) is 5.96. The van der Waals surface area contributed by atoms with Gasteiger partial charge in [0.2, 0.25) is 5.91 Å². The van der Waals surface area contributed by atoms with Crippen LogP contribution in [0.15, 0.2) is 12.1 Å². The van der Waals surface area contributed by atoms with Crippen molar-refractivity contribution in [3.8, 4) is 0 Å². The number of hydrogen-bond donors (Lipinski definition) is 2. The fourth-order valence-corrected chi connectivity index (χ4v) is 2.44. The number of carbonyl (C=O) groups excluding carboxylic acids is 1. The molecule has 0 saturated heterocycles. The molecule has 0 spiro atoms. The van der Waals surface area contributed by atoms with E-state index < -0.39 is 0 Å². The van der Waals surface area contributed by atoms with E-state index in [2.05, 4.69) is 10.2 Å². The van der Waals surface area contributed by atoms with Crippen molar-refractivity contribution >= 4 is 40.5 Å². The molecule has 118 valence electrons. The van der Waals surface area contributed by atoms with Crippen LogP contribution in [0.5, 0.6) is 0 Å². The molecule has 1 amide bonds. The number of nitrogens with zero attached hydrogens (tertiary/aromatic N) is 2. The van der Waals surface area contributed by atoms with Crippen LogP contribution in [0.1, 0.15) is 6.42 Å². The molecular weight excluding hydrogens is 311 g/mol. The number of halogens is 2. The summed E-state index contributed by atoms with van der Waals surface area (Å²) in [6.07, 6.45) is 1.00. The summed E-state index contributed by atoms with van der Waals surface area (Å²) in [5, 5.41) is 3.51. The van der Waals surface area contributed by atoms with Gasteiger partial charge in [0.25, 0.3) is 0 Å². The van der Waals surface area contributed by atoms with Crippen LogP contribution in [-0.4, -0.2) is 56.5 Å². The Hall–Kier alpha value is -1.01. The number of rotatable bonds is 7. The largest absolute Gasteiger partial charge is 0.397 e. The highest BCUT2D eigenvalue weighted by molar-refractivity contribution is 6.37. The maximum absolute atomic E-state index is 12.0. The number of nitrogens with two attached hydrogens (primary N) is 1. The molecule has 0 atom stereocenters. The molecule has 0 saturated carbocycles. The average Bonchev–Trinajstić information content (AvgIpc) is 2.33. The zero-order valence-electron chi connectivity index (χ0n) is 12.6. The molecule has 1 aromatic rings. The number of anilines is 2. The van der Waals surface area contributed by atoms with Crippen molar-refractivity contribution in [2.24, 2.45) is 0 Å². The maximum atomic E-state index is 12.0. The first-order valence-corrected chi connectivity index (χ1v) is 7.43. The number of benzene rings is 1. The molecule has 0 aliphatic heterocycles. The van der Waals surface area contributed by atoms with Gasteiger partial charge in [0, 0.05) is 5.02 Å². The van der Waals surface area contributed by atoms with E-state index in [0.29, 0.717) is 21.4 Å². The predicted octanol–water partition coefficient (Wildman–Crippen LogP) is 2.40. The highest BCUT2D eigenvalue weighted by Gasteiger charge is 2.12. The smallest absolute Gasteiger partial charge is 0.238 e. The third-order valence-corrected chi connectivity index (χ3v) is 3.42. The third kappa shape index (κ3) is 6.52. The Labute approximate surface area is 136 Å². The number of hydrogen-bond acceptors (Lipinski definition) is 4. The molecule has 3 N–H and O–H groups in total. The molecule has 0 aliphatic carbocycles. The van der Waals surface area contributed by atoms with Crippen LogP contribution in [0.25, 0.3) is 0 Å². The summed E-state index contributed by atoms with van der Waals surface area (Å²) in [5.41, 5.74) is 6.58. The van der Waals surface area contributed by atoms with Gasteiger partial charge < -0.3 is 16.0 Å². The van der Waals surface area contributed by atoms with E-state index in [1.807, 2.05) is 26.0 Å². The Morgan fingerprint density at radius 3 is 2.48 bits per heavy atom. The molecule has 0 heterocycles. The molecule has 7 heteroatoms. The summed E-state index contributed by atoms with van der Waals surface area (Å²) >= 11 is 11.9. The first-order valence-electron chi connectivity index (χ1n) is 6.67. The van der Waals surface area contributed by atoms with Gasteiger partial charge >= 0.3 is 0 Å². The molecule has 0 aliphatic rings. The zero-order valence-corrected chi connectivity index (χ0v) is 14.1. The van der Waals surface area contributed by atoms with E-state index in [1.165, 1.54) is 0 Å². The van der Waals surface area contributed by atoms with Gasteiger partial charge in [0.05, 0.1) is 22.9 Å². The van der Waals surface area contributed by atoms with Crippen LogP contribution in [0.4, 0.5) is 11.4 Å². The van der Waals surface area contributed by atoms with Crippen LogP contribution in [0.2, 0.25) is 10.0 Å². The molecule has 21 heavy (non-hydrogen) atoms. The van der Waals surface area contributed by atoms with Gasteiger partial charge in [-0.2, -0.15) is 0 Å². The quantitative estimate of drug-likeness (QED) is 0.752. The normalized spacial score (nSPS) is 11.2. The van der Waals surface area contributed by atoms with Crippen molar-refractivity contribution < 1.29 is 4.79 Å². The second kappa shape index (κ2) is 8.44. The fraction of sp³-hybridized carbons (Fsp3) is 0.500. The Balaban J connectivity index is 2.50. The second-order valence-corrected chi connectivity index (χ2v) is 6.14. The molecule has 5 nitrogen and oxygen atoms in total. The van der Waals surface area contributed by atoms with Crippen molar-refractivity contribution in [2.45, 2.75) is 6.42 Å². The number of nitrogens with one attached hydrogen (secondary N) is 1. The van der Waals surface area contributed by atoms with Gasteiger partial charge in [-0.25, -0.2) is 0 Å². The number of carbonyl (C=O) groups is 1. The average molecular weight is 333 g/mol. The lowest BCUT2D eigenvalue weighted by Gasteiger charge is -2.18. The minimum atomic E-state index is -0.154. The first kappa shape index (κ1) is 18.0. The van der Waals surface area contributed by atoms with Crippen LogP contribution < -0.4 is 11.1 Å². The van der Waals surface area contributed by atoms with E-state index in [0.717, 1.165) is 19.5 Å². The van der Waals surface area contributed by atoms with Crippen LogP contribution >= 0.6 is 23.2 Å². The SMILES string of the molecule is CN(C)CCCN(C)CC(=O)Nc1c(N)cc(Cl)cc1Cl. The summed E-state index contributed by atoms with van der Waals surface area (Å²) in [4.78, 5) is 16.1. The lowest BCUT2D eigenvalue weighted by atomic mass is 10.2. The Morgan fingerprint density at radius 2 is 1.90 bits per heavy atom. The van der Waals surface area contributed by atoms with Gasteiger partial charge in [0.1, 0.15) is 0 Å². The van der Waals surface area contributed by atoms with E-state index in [4.69, 9.17) is 28.9 Å². The fourth-order valence-electron chi connectivity index (χ4n) is 1.89. The van der Waals surface area contributed by atoms with Gasteiger partial charge in [-0.05, 0) is 52.8 Å². The maximum Gasteiger partial charge on any atom is 0.238 e. The number of likely N-dealkylation sites (N-methyl/N-ethyl adjacent to an activating group) is 1. The van der Waals surface area contributed by atoms with E-state index in [-0.39, 0.29) is 12.5 Å². The third-order valence-electron chi connectivity index (χ3n) is 2.91. The van der Waals surface area contributed by atoms with Crippen molar-refractivity contribution in [3.05, 3.63) is 22.2 Å². The highest BCUT2D eigenvalue weighted by Crippen LogP contribution is 2.31. The van der Waals surface area contributed by atoms with E-state index in [9.17, 15) is 4.79 Å². The van der Waals surface area contributed by atoms with Crippen molar-refractivity contribution in [2.75, 3.05) is 51.8 Å². The van der Waals surface area contributed by atoms with Gasteiger partial charge in [-0.15, -0.1) is 0 Å². The molecule has 0 aromatic heterocycles. The zero-order chi connectivity index (χ0) is 16.0. The second-order valence-electron chi connectivity index (χ2n) is 5.29. The summed E-state index contributed by atoms with van der Waals surface area (Å²) in [5.74, 6) is -0.154. The topological polar surface area (TPSA) is 61.6 Å². The Bertz CT molecular complexity index is 471. The lowest BCUT2D eigenvalue weighted by molar-refractivity contribution is -0.117. The van der Waals surface area contributed by atoms with Gasteiger partial charge in [0.15, 0.2) is 0 Å². The van der Waals surface area contributed by atoms with Gasteiger partial charge in [-0.1, -0.05) is 23.2 Å². The van der Waals surface area contributed by atoms with Gasteiger partial charge in [-0.3, -0.25) is 9.69 Å². The number of amides is 1. The summed E-state index contributed by atoms with van der Waals surface area (Å²) in [6, 6.07) is 3.11. The highest BCUT2D eigenvalue weighted by atomic mass is 35.5. The standard InChI is InChI=1S/C14H22Cl2N4O/c1-19(2)5-4-6-20(3)9-13(21)18-14-11(16)7-10(15)8-12(14)17/h7-8H,4-6,9,17H2,1-3H3,(H,18,21). The molecule has 1 aromatic carbocycles. The predicted molar refractivity (Wildman–Crippen MR) is 90.2 cm³/mol. The molecule has 0 fully saturated rings. The molecule has 1 rings (SSSR count). The Morgan fingerprint density at radius 1 is 1.24 bits per heavy atom. The monoisotopic (exact) mass is 332 g/mol. The molecule has 0 radical (unpaired) electrons. The van der Waals surface area contributed by atoms with Crippen LogP contribution in [0.3, 0.4) is 0 Å². The van der Waals surface area contributed by atoms with Crippen LogP contribution in [0, 0.1) is 0 Å². The van der Waals surface area contributed by atoms with Crippen molar-refractivity contribution in [1.29, 1.82) is 0 Å². The first-order chi connectivity index (χ1) is 9.79. The minimum absolute atomic E-state index is 0.154. The summed E-state index contributed by atoms with van der Waals surface area (Å²) in [6.45, 7) is 2.11. The molecule has 0 bridgehead atoms. The molecular formula is C14H22Cl2N4O. The van der Waals surface area contributed by atoms with Crippen LogP contribution in [-0.2, 0) is 4.79 Å². The lowest BCUT2D eigenvalue weighted by Crippen LogP contribution is -2.32. The van der Waals surface area contributed by atoms with Crippen molar-refractivity contribution in [1.82, 2.24) is 9.80 Å². The Kier molecular flexibility index (Phi) is 7.25. The minimum Gasteiger partial charge on any atom is -0.397 e. The van der Waals surface area contributed by atoms with E-state index in [1.54, 1.807) is 12.1 Å².